The van der Waals surface area contributed by atoms with Gasteiger partial charge in [0.1, 0.15) is 0 Å². The Morgan fingerprint density at radius 2 is 1.72 bits per heavy atom. The van der Waals surface area contributed by atoms with E-state index in [9.17, 15) is 18.0 Å². The van der Waals surface area contributed by atoms with Crippen molar-refractivity contribution in [1.82, 2.24) is 14.7 Å². The summed E-state index contributed by atoms with van der Waals surface area (Å²) in [6, 6.07) is 4.77. The van der Waals surface area contributed by atoms with Crippen LogP contribution in [-0.2, 0) is 11.0 Å². The highest BCUT2D eigenvalue weighted by Gasteiger charge is 2.30. The average Bonchev–Trinajstić information content (AvgIpc) is 2.55. The van der Waals surface area contributed by atoms with Crippen molar-refractivity contribution >= 4 is 28.9 Å². The van der Waals surface area contributed by atoms with Gasteiger partial charge in [0, 0.05) is 46.0 Å². The van der Waals surface area contributed by atoms with E-state index in [-0.39, 0.29) is 5.91 Å². The maximum atomic E-state index is 12.6. The molecule has 1 aliphatic rings. The minimum absolute atomic E-state index is 0.0545. The Balaban J connectivity index is 1.83. The first kappa shape index (κ1) is 19.5. The summed E-state index contributed by atoms with van der Waals surface area (Å²) in [6.07, 6.45) is -4.35. The lowest BCUT2D eigenvalue weighted by molar-refractivity contribution is -0.137. The zero-order valence-electron chi connectivity index (χ0n) is 14.1. The summed E-state index contributed by atoms with van der Waals surface area (Å²) in [5, 5.41) is 3.43. The van der Waals surface area contributed by atoms with Crippen LogP contribution in [-0.4, -0.2) is 72.5 Å². The van der Waals surface area contributed by atoms with Gasteiger partial charge in [-0.2, -0.15) is 13.2 Å². The molecule has 0 bridgehead atoms. The molecule has 0 aliphatic carbocycles. The zero-order valence-corrected chi connectivity index (χ0v) is 15.0. The Hall–Kier alpha value is -1.87. The number of hydrogen-bond acceptors (Lipinski definition) is 3. The maximum absolute atomic E-state index is 12.6. The number of alkyl halides is 3. The normalized spacial score (nSPS) is 15.8. The molecule has 0 atom stereocenters. The van der Waals surface area contributed by atoms with Crippen LogP contribution in [0.4, 0.5) is 18.9 Å². The molecule has 138 valence electrons. The average molecular weight is 374 g/mol. The molecule has 0 saturated carbocycles. The number of anilines is 1. The summed E-state index contributed by atoms with van der Waals surface area (Å²) in [4.78, 5) is 17.3. The number of likely N-dealkylation sites (N-methyl/N-ethyl adjacent to an activating group) is 1. The Labute approximate surface area is 150 Å². The number of benzene rings is 1. The second-order valence-corrected chi connectivity index (χ2v) is 6.44. The number of carbonyl (C=O) groups is 1. The molecular formula is C16H21F3N4OS. The lowest BCUT2D eigenvalue weighted by Gasteiger charge is -2.36. The van der Waals surface area contributed by atoms with Crippen molar-refractivity contribution in [3.05, 3.63) is 29.8 Å². The van der Waals surface area contributed by atoms with Gasteiger partial charge >= 0.3 is 6.18 Å². The van der Waals surface area contributed by atoms with Crippen molar-refractivity contribution in [2.24, 2.45) is 0 Å². The van der Waals surface area contributed by atoms with E-state index in [2.05, 4.69) is 10.2 Å². The van der Waals surface area contributed by atoms with Crippen LogP contribution < -0.4 is 5.32 Å². The number of halogens is 3. The fraction of sp³-hybridized carbons (Fsp3) is 0.500. The van der Waals surface area contributed by atoms with Crippen LogP contribution >= 0.6 is 12.2 Å². The molecule has 0 radical (unpaired) electrons. The van der Waals surface area contributed by atoms with Gasteiger partial charge in [-0.15, -0.1) is 0 Å². The Kier molecular flexibility index (Phi) is 6.23. The summed E-state index contributed by atoms with van der Waals surface area (Å²) in [7, 11) is 3.45. The predicted octanol–water partition coefficient (Wildman–Crippen LogP) is 2.11. The van der Waals surface area contributed by atoms with Crippen LogP contribution in [0.3, 0.4) is 0 Å². The topological polar surface area (TPSA) is 38.8 Å². The summed E-state index contributed by atoms with van der Waals surface area (Å²) in [6.45, 7) is 3.10. The predicted molar refractivity (Wildman–Crippen MR) is 94.4 cm³/mol. The molecule has 1 saturated heterocycles. The standard InChI is InChI=1S/C16H21F3N4OS/c1-21(2)14(24)11-22-7-9-23(10-8-22)15(25)20-13-5-3-12(4-6-13)16(17,18)19/h3-6H,7-11H2,1-2H3,(H,20,25). The van der Waals surface area contributed by atoms with Gasteiger partial charge in [-0.1, -0.05) is 0 Å². The van der Waals surface area contributed by atoms with Crippen molar-refractivity contribution in [3.8, 4) is 0 Å². The van der Waals surface area contributed by atoms with E-state index in [0.29, 0.717) is 43.5 Å². The number of piperazine rings is 1. The molecule has 1 aromatic carbocycles. The van der Waals surface area contributed by atoms with Crippen molar-refractivity contribution in [2.45, 2.75) is 6.18 Å². The summed E-state index contributed by atoms with van der Waals surface area (Å²) < 4.78 is 37.7. The first-order valence-corrected chi connectivity index (χ1v) is 8.23. The largest absolute Gasteiger partial charge is 0.416 e. The minimum atomic E-state index is -4.35. The highest BCUT2D eigenvalue weighted by atomic mass is 32.1. The summed E-state index contributed by atoms with van der Waals surface area (Å²) in [5.41, 5.74) is -0.175. The van der Waals surface area contributed by atoms with E-state index < -0.39 is 11.7 Å². The smallest absolute Gasteiger partial charge is 0.348 e. The number of carbonyl (C=O) groups excluding carboxylic acids is 1. The van der Waals surface area contributed by atoms with Gasteiger partial charge in [-0.25, -0.2) is 0 Å². The number of amides is 1. The van der Waals surface area contributed by atoms with Crippen molar-refractivity contribution < 1.29 is 18.0 Å². The van der Waals surface area contributed by atoms with Gasteiger partial charge < -0.3 is 15.1 Å². The van der Waals surface area contributed by atoms with E-state index in [0.717, 1.165) is 12.1 Å². The SMILES string of the molecule is CN(C)C(=O)CN1CCN(C(=S)Nc2ccc(C(F)(F)F)cc2)CC1. The van der Waals surface area contributed by atoms with E-state index in [1.54, 1.807) is 19.0 Å². The fourth-order valence-electron chi connectivity index (χ4n) is 2.39. The molecule has 0 aromatic heterocycles. The highest BCUT2D eigenvalue weighted by molar-refractivity contribution is 7.80. The monoisotopic (exact) mass is 374 g/mol. The van der Waals surface area contributed by atoms with Gasteiger partial charge in [0.15, 0.2) is 5.11 Å². The second kappa shape index (κ2) is 8.01. The maximum Gasteiger partial charge on any atom is 0.416 e. The van der Waals surface area contributed by atoms with Crippen LogP contribution in [0.2, 0.25) is 0 Å². The van der Waals surface area contributed by atoms with Crippen LogP contribution in [0.25, 0.3) is 0 Å². The Bertz CT molecular complexity index is 611. The first-order chi connectivity index (χ1) is 11.7. The van der Waals surface area contributed by atoms with Crippen molar-refractivity contribution in [2.75, 3.05) is 52.1 Å². The Morgan fingerprint density at radius 1 is 1.16 bits per heavy atom. The van der Waals surface area contributed by atoms with Crippen LogP contribution in [0.5, 0.6) is 0 Å². The first-order valence-electron chi connectivity index (χ1n) is 7.82. The Morgan fingerprint density at radius 3 is 2.20 bits per heavy atom. The third-order valence-electron chi connectivity index (χ3n) is 3.98. The van der Waals surface area contributed by atoms with E-state index in [1.165, 1.54) is 12.1 Å². The van der Waals surface area contributed by atoms with Crippen molar-refractivity contribution in [3.63, 3.8) is 0 Å². The van der Waals surface area contributed by atoms with E-state index in [1.807, 2.05) is 4.90 Å². The van der Waals surface area contributed by atoms with Gasteiger partial charge in [0.05, 0.1) is 12.1 Å². The van der Waals surface area contributed by atoms with Gasteiger partial charge in [0.25, 0.3) is 0 Å². The number of nitrogens with zero attached hydrogens (tertiary/aromatic N) is 3. The molecule has 1 aromatic rings. The zero-order chi connectivity index (χ0) is 18.6. The number of nitrogens with one attached hydrogen (secondary N) is 1. The van der Waals surface area contributed by atoms with Crippen LogP contribution in [0.15, 0.2) is 24.3 Å². The minimum Gasteiger partial charge on any atom is -0.348 e. The lowest BCUT2D eigenvalue weighted by Crippen LogP contribution is -2.51. The number of thiocarbonyl (C=S) groups is 1. The van der Waals surface area contributed by atoms with Gasteiger partial charge in [-0.05, 0) is 36.5 Å². The summed E-state index contributed by atoms with van der Waals surface area (Å²) >= 11 is 5.33. The van der Waals surface area contributed by atoms with Gasteiger partial charge in [-0.3, -0.25) is 9.69 Å². The molecule has 1 heterocycles. The number of rotatable bonds is 3. The molecule has 0 unspecified atom stereocenters. The highest BCUT2D eigenvalue weighted by Crippen LogP contribution is 2.29. The molecule has 1 N–H and O–H groups in total. The van der Waals surface area contributed by atoms with Crippen molar-refractivity contribution in [1.29, 1.82) is 0 Å². The molecule has 9 heteroatoms. The fourth-order valence-corrected chi connectivity index (χ4v) is 2.69. The second-order valence-electron chi connectivity index (χ2n) is 6.06. The van der Waals surface area contributed by atoms with Crippen LogP contribution in [0, 0.1) is 0 Å². The molecule has 2 rings (SSSR count). The van der Waals surface area contributed by atoms with Gasteiger partial charge in [0.2, 0.25) is 5.91 Å². The van der Waals surface area contributed by atoms with Crippen LogP contribution in [0.1, 0.15) is 5.56 Å². The van der Waals surface area contributed by atoms with E-state index >= 15 is 0 Å². The number of hydrogen-bond donors (Lipinski definition) is 1. The molecule has 25 heavy (non-hydrogen) atoms. The quantitative estimate of drug-likeness (QED) is 0.821. The third-order valence-corrected chi connectivity index (χ3v) is 4.34. The lowest BCUT2D eigenvalue weighted by atomic mass is 10.2. The molecule has 1 aliphatic heterocycles. The molecule has 1 fully saturated rings. The molecular weight excluding hydrogens is 353 g/mol. The molecule has 0 spiro atoms. The third kappa shape index (κ3) is 5.57. The van der Waals surface area contributed by atoms with E-state index in [4.69, 9.17) is 12.2 Å². The molecule has 5 nitrogen and oxygen atoms in total. The summed E-state index contributed by atoms with van der Waals surface area (Å²) in [5.74, 6) is 0.0545. The molecule has 1 amide bonds.